The second-order valence-electron chi connectivity index (χ2n) is 6.36. The molecule has 1 aliphatic carbocycles. The first kappa shape index (κ1) is 18.7. The SMILES string of the molecule is C[C@@H](C(=O)NCc1ccc(S(N)(=O)=O)s1)N1C(=O)C2CC=CCC2C1=O. The number of amides is 3. The Morgan fingerprint density at radius 1 is 1.27 bits per heavy atom. The number of rotatable bonds is 5. The van der Waals surface area contributed by atoms with E-state index in [2.05, 4.69) is 5.32 Å². The monoisotopic (exact) mass is 397 g/mol. The Labute approximate surface area is 155 Å². The molecule has 0 radical (unpaired) electrons. The summed E-state index contributed by atoms with van der Waals surface area (Å²) >= 11 is 0.960. The number of nitrogens with one attached hydrogen (secondary N) is 1. The maximum absolute atomic E-state index is 12.5. The van der Waals surface area contributed by atoms with E-state index < -0.39 is 22.0 Å². The van der Waals surface area contributed by atoms with E-state index in [9.17, 15) is 22.8 Å². The molecule has 3 atom stereocenters. The second-order valence-corrected chi connectivity index (χ2v) is 9.32. The first-order valence-corrected chi connectivity index (χ1v) is 10.5. The summed E-state index contributed by atoms with van der Waals surface area (Å²) in [5.74, 6) is -1.84. The van der Waals surface area contributed by atoms with Crippen LogP contribution >= 0.6 is 11.3 Å². The second kappa shape index (κ2) is 6.93. The minimum Gasteiger partial charge on any atom is -0.349 e. The van der Waals surface area contributed by atoms with Gasteiger partial charge in [0.15, 0.2) is 0 Å². The fourth-order valence-corrected chi connectivity index (χ4v) is 4.97. The van der Waals surface area contributed by atoms with Gasteiger partial charge in [-0.1, -0.05) is 12.2 Å². The maximum atomic E-state index is 12.5. The lowest BCUT2D eigenvalue weighted by Gasteiger charge is -2.22. The van der Waals surface area contributed by atoms with Gasteiger partial charge in [-0.25, -0.2) is 13.6 Å². The molecule has 1 aromatic heterocycles. The maximum Gasteiger partial charge on any atom is 0.247 e. The molecule has 26 heavy (non-hydrogen) atoms. The smallest absolute Gasteiger partial charge is 0.247 e. The Balaban J connectivity index is 1.64. The lowest BCUT2D eigenvalue weighted by Crippen LogP contribution is -2.48. The van der Waals surface area contributed by atoms with Crippen molar-refractivity contribution in [2.45, 2.75) is 36.6 Å². The molecule has 3 N–H and O–H groups in total. The van der Waals surface area contributed by atoms with Crippen LogP contribution in [-0.4, -0.2) is 37.1 Å². The first-order valence-electron chi connectivity index (χ1n) is 8.11. The van der Waals surface area contributed by atoms with Gasteiger partial charge in [-0.3, -0.25) is 19.3 Å². The summed E-state index contributed by atoms with van der Waals surface area (Å²) in [5.41, 5.74) is 0. The molecule has 140 valence electrons. The van der Waals surface area contributed by atoms with Crippen molar-refractivity contribution < 1.29 is 22.8 Å². The zero-order valence-electron chi connectivity index (χ0n) is 14.0. The molecular formula is C16H19N3O5S2. The van der Waals surface area contributed by atoms with Crippen molar-refractivity contribution in [1.82, 2.24) is 10.2 Å². The zero-order chi connectivity index (χ0) is 19.1. The fraction of sp³-hybridized carbons (Fsp3) is 0.438. The Kier molecular flexibility index (Phi) is 5.00. The number of hydrogen-bond acceptors (Lipinski definition) is 6. The molecular weight excluding hydrogens is 378 g/mol. The molecule has 1 saturated heterocycles. The van der Waals surface area contributed by atoms with Crippen molar-refractivity contribution in [3.8, 4) is 0 Å². The minimum atomic E-state index is -3.77. The summed E-state index contributed by atoms with van der Waals surface area (Å²) in [4.78, 5) is 39.0. The topological polar surface area (TPSA) is 127 Å². The number of primary sulfonamides is 1. The van der Waals surface area contributed by atoms with E-state index in [1.54, 1.807) is 6.07 Å². The van der Waals surface area contributed by atoms with Crippen LogP contribution in [0.5, 0.6) is 0 Å². The predicted molar refractivity (Wildman–Crippen MR) is 94.2 cm³/mol. The van der Waals surface area contributed by atoms with Gasteiger partial charge in [0.1, 0.15) is 10.3 Å². The van der Waals surface area contributed by atoms with Crippen LogP contribution in [0, 0.1) is 11.8 Å². The number of nitrogens with two attached hydrogens (primary N) is 1. The molecule has 1 aliphatic heterocycles. The molecule has 3 rings (SSSR count). The van der Waals surface area contributed by atoms with Gasteiger partial charge >= 0.3 is 0 Å². The Morgan fingerprint density at radius 2 is 1.85 bits per heavy atom. The molecule has 0 spiro atoms. The zero-order valence-corrected chi connectivity index (χ0v) is 15.7. The molecule has 2 aliphatic rings. The van der Waals surface area contributed by atoms with Crippen LogP contribution in [0.2, 0.25) is 0 Å². The van der Waals surface area contributed by atoms with E-state index >= 15 is 0 Å². The number of imide groups is 1. The molecule has 3 amide bonds. The van der Waals surface area contributed by atoms with Gasteiger partial charge in [-0.15, -0.1) is 11.3 Å². The molecule has 2 heterocycles. The highest BCUT2D eigenvalue weighted by molar-refractivity contribution is 7.91. The molecule has 10 heteroatoms. The van der Waals surface area contributed by atoms with Gasteiger partial charge in [0.05, 0.1) is 18.4 Å². The minimum absolute atomic E-state index is 0.0104. The normalized spacial score (nSPS) is 23.8. The van der Waals surface area contributed by atoms with Crippen molar-refractivity contribution in [2.75, 3.05) is 0 Å². The van der Waals surface area contributed by atoms with Gasteiger partial charge in [0.2, 0.25) is 27.7 Å². The van der Waals surface area contributed by atoms with Crippen LogP contribution in [0.1, 0.15) is 24.6 Å². The molecule has 8 nitrogen and oxygen atoms in total. The van der Waals surface area contributed by atoms with Crippen LogP contribution in [0.4, 0.5) is 0 Å². The third kappa shape index (κ3) is 3.44. The van der Waals surface area contributed by atoms with E-state index in [1.807, 2.05) is 12.2 Å². The first-order chi connectivity index (χ1) is 12.2. The van der Waals surface area contributed by atoms with Crippen molar-refractivity contribution >= 4 is 39.1 Å². The summed E-state index contributed by atoms with van der Waals surface area (Å²) in [5, 5.41) is 7.69. The van der Waals surface area contributed by atoms with E-state index in [0.29, 0.717) is 17.7 Å². The van der Waals surface area contributed by atoms with Gasteiger partial charge in [-0.05, 0) is 31.9 Å². The Hall–Kier alpha value is -2.04. The Morgan fingerprint density at radius 3 is 2.35 bits per heavy atom. The van der Waals surface area contributed by atoms with E-state index in [0.717, 1.165) is 16.2 Å². The average molecular weight is 397 g/mol. The summed E-state index contributed by atoms with van der Waals surface area (Å²) in [6, 6.07) is 2.01. The van der Waals surface area contributed by atoms with Crippen LogP contribution < -0.4 is 10.5 Å². The standard InChI is InChI=1S/C16H19N3O5S2/c1-9(19-15(21)11-4-2-3-5-12(11)16(19)22)14(20)18-8-10-6-7-13(25-10)26(17,23)24/h2-3,6-7,9,11-12H,4-5,8H2,1H3,(H,18,20)(H2,17,23,24)/t9-,11?,12?/m0/s1. The lowest BCUT2D eigenvalue weighted by molar-refractivity contribution is -0.147. The lowest BCUT2D eigenvalue weighted by atomic mass is 9.85. The molecule has 0 aromatic carbocycles. The number of allylic oxidation sites excluding steroid dienone is 2. The highest BCUT2D eigenvalue weighted by Crippen LogP contribution is 2.36. The molecule has 0 bridgehead atoms. The quantitative estimate of drug-likeness (QED) is 0.548. The van der Waals surface area contributed by atoms with Gasteiger partial charge in [0, 0.05) is 4.88 Å². The number of hydrogen-bond donors (Lipinski definition) is 2. The molecule has 0 saturated carbocycles. The highest BCUT2D eigenvalue weighted by Gasteiger charge is 2.50. The number of sulfonamides is 1. The number of likely N-dealkylation sites (tertiary alicyclic amines) is 1. The fourth-order valence-electron chi connectivity index (χ4n) is 3.25. The van der Waals surface area contributed by atoms with Crippen molar-refractivity contribution in [3.63, 3.8) is 0 Å². The average Bonchev–Trinajstić information content (AvgIpc) is 3.17. The van der Waals surface area contributed by atoms with Gasteiger partial charge in [-0.2, -0.15) is 0 Å². The largest absolute Gasteiger partial charge is 0.349 e. The number of nitrogens with zero attached hydrogens (tertiary/aromatic N) is 1. The Bertz CT molecular complexity index is 863. The molecule has 2 unspecified atom stereocenters. The van der Waals surface area contributed by atoms with Crippen molar-refractivity contribution in [2.24, 2.45) is 17.0 Å². The summed E-state index contributed by atoms with van der Waals surface area (Å²) < 4.78 is 22.6. The summed E-state index contributed by atoms with van der Waals surface area (Å²) in [7, 11) is -3.77. The molecule has 1 fully saturated rings. The van der Waals surface area contributed by atoms with Crippen LogP contribution in [0.25, 0.3) is 0 Å². The van der Waals surface area contributed by atoms with E-state index in [4.69, 9.17) is 5.14 Å². The predicted octanol–water partition coefficient (Wildman–Crippen LogP) is 0.351. The third-order valence-electron chi connectivity index (χ3n) is 4.66. The van der Waals surface area contributed by atoms with E-state index in [1.165, 1.54) is 13.0 Å². The van der Waals surface area contributed by atoms with Gasteiger partial charge < -0.3 is 5.32 Å². The molecule has 1 aromatic rings. The van der Waals surface area contributed by atoms with Crippen LogP contribution in [0.15, 0.2) is 28.5 Å². The highest BCUT2D eigenvalue weighted by atomic mass is 32.2. The van der Waals surface area contributed by atoms with Crippen molar-refractivity contribution in [1.29, 1.82) is 0 Å². The third-order valence-corrected chi connectivity index (χ3v) is 7.19. The van der Waals surface area contributed by atoms with Crippen LogP contribution in [0.3, 0.4) is 0 Å². The number of carbonyl (C=O) groups is 3. The summed E-state index contributed by atoms with van der Waals surface area (Å²) in [6.45, 7) is 1.61. The van der Waals surface area contributed by atoms with Crippen LogP contribution in [-0.2, 0) is 31.0 Å². The van der Waals surface area contributed by atoms with Gasteiger partial charge in [0.25, 0.3) is 0 Å². The van der Waals surface area contributed by atoms with Crippen molar-refractivity contribution in [3.05, 3.63) is 29.2 Å². The number of fused-ring (bicyclic) bond motifs is 1. The summed E-state index contributed by atoms with van der Waals surface area (Å²) in [6.07, 6.45) is 4.82. The van der Waals surface area contributed by atoms with E-state index in [-0.39, 0.29) is 34.4 Å². The number of thiophene rings is 1. The number of carbonyl (C=O) groups excluding carboxylic acids is 3.